The Bertz CT molecular complexity index is 3410. The van der Waals surface area contributed by atoms with Crippen molar-refractivity contribution in [2.45, 2.75) is 157 Å². The van der Waals surface area contributed by atoms with Crippen LogP contribution >= 0.6 is 11.6 Å². The minimum absolute atomic E-state index is 0. The number of rotatable bonds is 13. The molecule has 2 saturated heterocycles. The van der Waals surface area contributed by atoms with Crippen LogP contribution in [0.15, 0.2) is 23.2 Å². The number of carbonyl (C=O) groups excluding carboxylic acids is 12. The van der Waals surface area contributed by atoms with E-state index in [9.17, 15) is 62.6 Å². The fraction of sp³-hybridized carbons (Fsp3) is 0.394. The first-order valence-corrected chi connectivity index (χ1v) is 26.0. The number of aliphatic hydroxyl groups is 2. The molecule has 3 aliphatic heterocycles. The van der Waals surface area contributed by atoms with Crippen molar-refractivity contribution < 1.29 is 127 Å². The molecule has 2 N–H and O–H groups in total. The monoisotopic (exact) mass is 1460 g/mol. The van der Waals surface area contributed by atoms with Gasteiger partial charge in [0.1, 0.15) is 59.5 Å². The molecule has 0 saturated carbocycles. The van der Waals surface area contributed by atoms with Crippen molar-refractivity contribution in [2.24, 2.45) is 0 Å². The number of allylic oxidation sites excluding steroid dienone is 1. The Hall–Kier alpha value is -9.79. The molecule has 4 unspecified atom stereocenters. The van der Waals surface area contributed by atoms with E-state index in [4.69, 9.17) is 37.0 Å². The fourth-order valence-electron chi connectivity index (χ4n) is 5.26. The van der Waals surface area contributed by atoms with Gasteiger partial charge in [-0.2, -0.15) is 0 Å². The van der Waals surface area contributed by atoms with E-state index in [-0.39, 0.29) is 135 Å². The van der Waals surface area contributed by atoms with Gasteiger partial charge in [-0.3, -0.25) is 47.9 Å². The number of aliphatic hydroxyl groups excluding tert-OH is 2. The predicted molar refractivity (Wildman–Crippen MR) is 321 cm³/mol. The summed E-state index contributed by atoms with van der Waals surface area (Å²) in [5, 5.41) is 17.8. The third-order valence-corrected chi connectivity index (χ3v) is 8.78. The van der Waals surface area contributed by atoms with Crippen LogP contribution in [0.3, 0.4) is 0 Å². The molecule has 0 aromatic heterocycles. The van der Waals surface area contributed by atoms with Gasteiger partial charge in [-0.15, -0.1) is 0 Å². The first-order valence-electron chi connectivity index (χ1n) is 26.2. The van der Waals surface area contributed by atoms with Gasteiger partial charge < -0.3 is 38.6 Å². The first-order chi connectivity index (χ1) is 42.3. The summed E-state index contributed by atoms with van der Waals surface area (Å²) in [5.41, 5.74) is -0.269. The molecule has 23 heteroatoms. The summed E-state index contributed by atoms with van der Waals surface area (Å²) < 4.78 is 33.6. The van der Waals surface area contributed by atoms with Gasteiger partial charge in [-0.1, -0.05) is 31.6 Å². The number of esters is 6. The van der Waals surface area contributed by atoms with Crippen LogP contribution in [-0.2, 0) is 86.0 Å². The van der Waals surface area contributed by atoms with E-state index in [1.165, 1.54) is 35.0 Å². The number of methoxy groups -OCH3 is 2. The second-order valence-corrected chi connectivity index (χ2v) is 16.8. The molecular weight excluding hydrogens is 1400 g/mol. The maximum atomic E-state index is 11.9. The van der Waals surface area contributed by atoms with E-state index in [2.05, 4.69) is 160 Å². The third-order valence-electron chi connectivity index (χ3n) is 8.64. The number of halogens is 1. The quantitative estimate of drug-likeness (QED) is 0.0307. The summed E-state index contributed by atoms with van der Waals surface area (Å²) in [7, 11) is 6.23. The molecule has 0 spiro atoms. The molecule has 0 amide bonds. The number of hydrogen-bond acceptors (Lipinski definition) is 20. The van der Waals surface area contributed by atoms with Crippen LogP contribution < -0.4 is 0 Å². The van der Waals surface area contributed by atoms with Gasteiger partial charge in [-0.25, -0.2) is 9.59 Å². The van der Waals surface area contributed by atoms with E-state index in [1.807, 2.05) is 13.8 Å². The fourth-order valence-corrected chi connectivity index (χ4v) is 5.45. The number of Topliss-reactive ketones (excluding diaryl/α,β-unsaturated/α-hetero) is 5. The summed E-state index contributed by atoms with van der Waals surface area (Å²) >= 11 is 4.81. The Kier molecular flexibility index (Phi) is 55.1. The maximum Gasteiger partial charge on any atom is 0.346 e. The summed E-state index contributed by atoms with van der Waals surface area (Å²) in [6.45, 7) is 12.9. The number of cyclic esters (lactones) is 3. The van der Waals surface area contributed by atoms with Crippen LogP contribution in [0.1, 0.15) is 132 Å². The molecule has 2 fully saturated rings. The van der Waals surface area contributed by atoms with Crippen molar-refractivity contribution in [2.75, 3.05) is 14.2 Å². The number of hydrogen-bond donors (Lipinski definition) is 2. The van der Waals surface area contributed by atoms with E-state index in [1.54, 1.807) is 20.8 Å². The van der Waals surface area contributed by atoms with E-state index < -0.39 is 65.3 Å². The number of carbonyl (C=O) groups is 12. The van der Waals surface area contributed by atoms with Gasteiger partial charge in [0, 0.05) is 58.8 Å². The molecule has 3 rings (SSSR count). The van der Waals surface area contributed by atoms with Crippen molar-refractivity contribution in [1.29, 1.82) is 1.34 Å². The molecule has 460 valence electrons. The van der Waals surface area contributed by atoms with Crippen molar-refractivity contribution in [3.8, 4) is 142 Å². The molecule has 0 aromatic rings. The summed E-state index contributed by atoms with van der Waals surface area (Å²) in [5.74, 6) is 55.9. The van der Waals surface area contributed by atoms with Crippen LogP contribution in [0.2, 0.25) is 0 Å². The maximum absolute atomic E-state index is 11.9. The molecule has 4 atom stereocenters. The Morgan fingerprint density at radius 2 is 1.03 bits per heavy atom. The van der Waals surface area contributed by atoms with Crippen LogP contribution in [0.5, 0.6) is 0 Å². The topological polar surface area (TPSA) is 301 Å². The van der Waals surface area contributed by atoms with Crippen molar-refractivity contribution in [1.82, 2.24) is 0 Å². The second kappa shape index (κ2) is 57.3. The first kappa shape index (κ1) is 85.7. The largest absolute Gasteiger partial charge is 0.511 e. The van der Waals surface area contributed by atoms with Crippen molar-refractivity contribution >= 4 is 90.0 Å². The van der Waals surface area contributed by atoms with Crippen LogP contribution in [0.25, 0.3) is 0 Å². The van der Waals surface area contributed by atoms with Gasteiger partial charge in [0.2, 0.25) is 5.24 Å². The van der Waals surface area contributed by atoms with Crippen molar-refractivity contribution in [3.63, 3.8) is 0 Å². The van der Waals surface area contributed by atoms with Gasteiger partial charge in [0.25, 0.3) is 0 Å². The Morgan fingerprint density at radius 3 is 1.39 bits per heavy atom. The number of ether oxygens (including phenoxy) is 6. The molecule has 3 heterocycles. The minimum Gasteiger partial charge on any atom is -0.511 e. The van der Waals surface area contributed by atoms with E-state index in [0.717, 1.165) is 6.08 Å². The number of ketones is 5. The standard InChI is InChI=1S/2C18H14O4.C14H8O3.C7H12O4.C5H8O3.C4H5ClO2.BH.U/c1-3-5-6-7-8-9-10-12-15-13-16(14-18(20)21-15)22-17(19)11-4-2;1-3-5-6-7-8-9-10-12-14-13-16(20)17(18(21)22-14)15(19)11-4-2;1-2-3-4-5-6-7-8-9-13-10-12(15)11-14(16)17-13;1-5(8)3-6(9)4-7(10)11-2;1-4(6)3-5(7)8-2;1-3(6)2-4(5)7;;/h14-15H,4,11,13H2,1-2H3;14,19H,4,11,13H2,1-2H3;13H,10-11H2,1H3;5,8H,3-4H2,1-2H3;3H2,1-2H3;2H2,1H3;1H;/i;;;;;;1D;. The molecule has 3 aliphatic rings. The smallest absolute Gasteiger partial charge is 0.346 e. The SMILES string of the molecule is CC#CC#CC#CC#CC1CC(=O)C(=C(O)CCC)C(=O)O1.CC#CC#CC#CC#CC1CC(=O)CC(=O)O1.CC#CC#CC#CC#CC1CC(OC(=O)CCC)=CC(=O)O1.CC(=O)CC(=O)Cl.COC(=O)CC(=O)CC(C)O.COC(=O)CC(C)=O.[2H][B].[U]. The molecule has 20 nitrogen and oxygen atoms in total. The Balaban J connectivity index is -0.000000333. The van der Waals surface area contributed by atoms with Gasteiger partial charge in [0.15, 0.2) is 24.1 Å². The zero-order valence-corrected chi connectivity index (χ0v) is 55.5. The van der Waals surface area contributed by atoms with Gasteiger partial charge in [-0.05, 0) is 192 Å². The van der Waals surface area contributed by atoms with Gasteiger partial charge in [0.05, 0.1) is 52.1 Å². The Labute approximate surface area is 551 Å². The minimum atomic E-state index is -0.851. The van der Waals surface area contributed by atoms with Gasteiger partial charge >= 0.3 is 35.8 Å². The molecule has 2 radical (unpaired) electrons. The normalized spacial score (nSPS) is 14.3. The predicted octanol–water partition coefficient (Wildman–Crippen LogP) is 3.48. The van der Waals surface area contributed by atoms with Crippen molar-refractivity contribution in [3.05, 3.63) is 23.2 Å². The average Bonchev–Trinajstić information content (AvgIpc) is 2.03. The average molecular weight is 1460 g/mol. The summed E-state index contributed by atoms with van der Waals surface area (Å²) in [6, 6.07) is 0. The summed E-state index contributed by atoms with van der Waals surface area (Å²) in [4.78, 5) is 130. The third kappa shape index (κ3) is 54.6. The molecule has 0 aliphatic carbocycles. The van der Waals surface area contributed by atoms with E-state index >= 15 is 0 Å². The Morgan fingerprint density at radius 1 is 0.618 bits per heavy atom. The molecular formula is C66H62BClO20U. The molecule has 89 heavy (non-hydrogen) atoms. The van der Waals surface area contributed by atoms with E-state index in [0.29, 0.717) is 19.3 Å². The molecule has 0 bridgehead atoms. The second-order valence-electron chi connectivity index (χ2n) is 16.4. The van der Waals surface area contributed by atoms with Crippen LogP contribution in [-0.4, -0.2) is 129 Å². The zero-order chi connectivity index (χ0) is 68.4. The zero-order valence-electron chi connectivity index (χ0n) is 51.6. The summed E-state index contributed by atoms with van der Waals surface area (Å²) in [6.07, 6.45) is -0.273. The van der Waals surface area contributed by atoms with Crippen LogP contribution in [0, 0.1) is 173 Å². The molecule has 0 aromatic carbocycles. The van der Waals surface area contributed by atoms with Crippen LogP contribution in [0.4, 0.5) is 0 Å².